The van der Waals surface area contributed by atoms with E-state index in [1.165, 1.54) is 45.7 Å². The van der Waals surface area contributed by atoms with Crippen LogP contribution in [0.3, 0.4) is 0 Å². The third-order valence-electron chi connectivity index (χ3n) is 0.530. The predicted octanol–water partition coefficient (Wildman–Crippen LogP) is 5.14. The van der Waals surface area contributed by atoms with E-state index in [4.69, 9.17) is 0 Å². The van der Waals surface area contributed by atoms with Gasteiger partial charge in [0.05, 0.1) is 0 Å². The summed E-state index contributed by atoms with van der Waals surface area (Å²) in [5.74, 6) is 0. The van der Waals surface area contributed by atoms with Crippen LogP contribution in [0.1, 0.15) is 19.8 Å². The second kappa shape index (κ2) is 4.06. The quantitative estimate of drug-likeness (QED) is 0.413. The maximum atomic E-state index is 9.87. The molecule has 0 aliphatic rings. The number of unbranched alkanes of at least 4 members (excludes halogenated alkanes) is 1. The molecule has 8 heteroatoms. The van der Waals surface area contributed by atoms with Crippen LogP contribution in [-0.2, 0) is 0 Å². The molecule has 0 aromatic rings. The van der Waals surface area contributed by atoms with Gasteiger partial charge in [0.25, 0.3) is 0 Å². The van der Waals surface area contributed by atoms with Crippen LogP contribution in [0.15, 0.2) is 0 Å². The van der Waals surface area contributed by atoms with Crippen LogP contribution >= 0.6 is 7.81 Å². The van der Waals surface area contributed by atoms with Gasteiger partial charge in [0, 0.05) is 0 Å². The van der Waals surface area contributed by atoms with Gasteiger partial charge in [-0.25, -0.2) is 0 Å². The van der Waals surface area contributed by atoms with E-state index in [9.17, 15) is 25.2 Å². The van der Waals surface area contributed by atoms with Crippen LogP contribution < -0.4 is 0 Å². The van der Waals surface area contributed by atoms with E-state index < -0.39 is 7.81 Å². The molecule has 0 rings (SSSR count). The van der Waals surface area contributed by atoms with Crippen LogP contribution in [-0.4, -0.2) is 0 Å². The van der Waals surface area contributed by atoms with Crippen molar-refractivity contribution in [1.82, 2.24) is 0 Å². The first-order chi connectivity index (χ1) is 4.86. The summed E-state index contributed by atoms with van der Waals surface area (Å²) in [6.07, 6.45) is 2.85. The third-order valence-corrected chi connectivity index (χ3v) is 2.00. The molecular formula is C4H9F6PU-. The van der Waals surface area contributed by atoms with Gasteiger partial charge in [0.2, 0.25) is 0 Å². The van der Waals surface area contributed by atoms with Crippen molar-refractivity contribution in [2.24, 2.45) is 0 Å². The minimum atomic E-state index is -10.7. The maximum absolute atomic E-state index is 10.7. The molecule has 0 radical (unpaired) electrons. The molecule has 0 spiro atoms. The van der Waals surface area contributed by atoms with Crippen molar-refractivity contribution < 1.29 is 54.6 Å². The van der Waals surface area contributed by atoms with Crippen LogP contribution in [0, 0.1) is 29.4 Å². The van der Waals surface area contributed by atoms with E-state index in [2.05, 4.69) is 6.92 Å². The van der Waals surface area contributed by atoms with E-state index in [0.29, 0.717) is 0 Å². The number of halogens is 6. The molecule has 0 atom stereocenters. The molecule has 0 heterocycles. The third kappa shape index (κ3) is 119. The van der Waals surface area contributed by atoms with Gasteiger partial charge < -0.3 is 0 Å². The zero-order valence-corrected chi connectivity index (χ0v) is 11.4. The van der Waals surface area contributed by atoms with Gasteiger partial charge in [-0.15, -0.1) is 0 Å². The number of rotatable bonds is 2. The van der Waals surface area contributed by atoms with E-state index in [0.717, 1.165) is 0 Å². The van der Waals surface area contributed by atoms with Gasteiger partial charge in [-0.2, -0.15) is 0 Å². The van der Waals surface area contributed by atoms with Crippen molar-refractivity contribution in [3.8, 4) is 0 Å². The van der Waals surface area contributed by atoms with E-state index >= 15 is 0 Å². The SMILES string of the molecule is CCC[CH2][U].F[P-](F)(F)(F)(F)F. The van der Waals surface area contributed by atoms with Gasteiger partial charge in [-0.05, 0) is 0 Å². The summed E-state index contributed by atoms with van der Waals surface area (Å²) in [6, 6.07) is 0. The monoisotopic (exact) mass is 440 g/mol. The Kier molecular flexibility index (Phi) is 5.26. The van der Waals surface area contributed by atoms with Gasteiger partial charge in [-0.3, -0.25) is 0 Å². The fraction of sp³-hybridized carbons (Fsp3) is 1.00. The molecule has 0 aliphatic carbocycles. The average molecular weight is 440 g/mol. The van der Waals surface area contributed by atoms with E-state index in [1.807, 2.05) is 0 Å². The Balaban J connectivity index is 0. The Labute approximate surface area is 85.5 Å². The second-order valence-electron chi connectivity index (χ2n) is 2.06. The van der Waals surface area contributed by atoms with Crippen LogP contribution in [0.4, 0.5) is 25.2 Å². The summed E-state index contributed by atoms with van der Waals surface area (Å²) in [6.45, 7) is 2.24. The number of hydrogen-bond acceptors (Lipinski definition) is 0. The van der Waals surface area contributed by atoms with Gasteiger partial charge in [0.15, 0.2) is 0 Å². The summed E-state index contributed by atoms with van der Waals surface area (Å²) < 4.78 is 60.7. The summed E-state index contributed by atoms with van der Waals surface area (Å²) in [5.41, 5.74) is 0. The standard InChI is InChI=1S/C4H9.F6P.U/c1-3-4-2;1-7(2,3,4,5)6;/h1,3-4H2,2H3;;/q;-1;. The van der Waals surface area contributed by atoms with Crippen molar-refractivity contribution in [3.63, 3.8) is 0 Å². The van der Waals surface area contributed by atoms with Crippen LogP contribution in [0.2, 0.25) is 3.45 Å². The molecule has 0 N–H and O–H groups in total. The molecule has 0 nitrogen and oxygen atoms in total. The molecule has 0 aliphatic heterocycles. The molecule has 12 heavy (non-hydrogen) atoms. The molecule has 0 saturated heterocycles. The first-order valence-electron chi connectivity index (χ1n) is 3.07. The second-order valence-corrected chi connectivity index (χ2v) is 6.06. The van der Waals surface area contributed by atoms with E-state index in [-0.39, 0.29) is 0 Å². The molecular weight excluding hydrogens is 431 g/mol. The fourth-order valence-electron chi connectivity index (χ4n) is 0.177. The Bertz CT molecular complexity index is 109. The van der Waals surface area contributed by atoms with Gasteiger partial charge in [0.1, 0.15) is 0 Å². The first kappa shape index (κ1) is 15.5. The van der Waals surface area contributed by atoms with Gasteiger partial charge in [-0.1, -0.05) is 0 Å². The van der Waals surface area contributed by atoms with Crippen molar-refractivity contribution >= 4 is 7.81 Å². The summed E-state index contributed by atoms with van der Waals surface area (Å²) >= 11 is 1.23. The van der Waals surface area contributed by atoms with Crippen molar-refractivity contribution in [2.45, 2.75) is 23.2 Å². The molecule has 0 fully saturated rings. The van der Waals surface area contributed by atoms with Crippen molar-refractivity contribution in [1.29, 1.82) is 0 Å². The molecule has 0 amide bonds. The molecule has 0 aromatic heterocycles. The predicted molar refractivity (Wildman–Crippen MR) is 33.3 cm³/mol. The van der Waals surface area contributed by atoms with Gasteiger partial charge >= 0.3 is 85.6 Å². The molecule has 0 unspecified atom stereocenters. The summed E-state index contributed by atoms with van der Waals surface area (Å²) in [7, 11) is -10.7. The minimum absolute atomic E-state index is 1.23. The van der Waals surface area contributed by atoms with Crippen molar-refractivity contribution in [3.05, 3.63) is 0 Å². The molecule has 77 valence electrons. The van der Waals surface area contributed by atoms with Crippen LogP contribution in [0.5, 0.6) is 0 Å². The normalized spacial score (nSPS) is 17.1. The molecule has 0 saturated carbocycles. The Morgan fingerprint density at radius 2 is 1.25 bits per heavy atom. The Morgan fingerprint density at radius 1 is 1.00 bits per heavy atom. The zero-order valence-electron chi connectivity index (χ0n) is 6.34. The van der Waals surface area contributed by atoms with Crippen molar-refractivity contribution in [2.75, 3.05) is 0 Å². The average Bonchev–Trinajstić information content (AvgIpc) is 1.58. The Hall–Kier alpha value is 1.06. The number of hydrogen-bond donors (Lipinski definition) is 0. The summed E-state index contributed by atoms with van der Waals surface area (Å²) in [5, 5.41) is 0. The molecule has 0 aromatic carbocycles. The first-order valence-corrected chi connectivity index (χ1v) is 8.05. The Morgan fingerprint density at radius 3 is 1.25 bits per heavy atom. The fourth-order valence-corrected chi connectivity index (χ4v) is 1.65. The molecule has 0 bridgehead atoms. The summed E-state index contributed by atoms with van der Waals surface area (Å²) in [4.78, 5) is 0. The zero-order chi connectivity index (χ0) is 10.5. The topological polar surface area (TPSA) is 0 Å². The van der Waals surface area contributed by atoms with E-state index in [1.54, 1.807) is 0 Å². The van der Waals surface area contributed by atoms with Crippen LogP contribution in [0.25, 0.3) is 0 Å².